The van der Waals surface area contributed by atoms with Crippen molar-refractivity contribution in [2.45, 2.75) is 148 Å². The fourth-order valence-electron chi connectivity index (χ4n) is 3.76. The van der Waals surface area contributed by atoms with Crippen molar-refractivity contribution in [3.05, 3.63) is 12.2 Å². The van der Waals surface area contributed by atoms with Gasteiger partial charge in [0, 0.05) is 6.42 Å². The van der Waals surface area contributed by atoms with E-state index < -0.39 is 5.97 Å². The molecular formula is C26H50O2. The number of carbonyl (C=O) groups is 1. The Morgan fingerprint density at radius 2 is 0.857 bits per heavy atom. The predicted octanol–water partition coefficient (Wildman–Crippen LogP) is 9.23. The molecule has 0 atom stereocenters. The summed E-state index contributed by atoms with van der Waals surface area (Å²) in [6, 6.07) is 0. The molecule has 0 radical (unpaired) electrons. The molecule has 1 N–H and O–H groups in total. The fraction of sp³-hybridized carbons (Fsp3) is 0.885. The maximum absolute atomic E-state index is 10.4. The third-order valence-corrected chi connectivity index (χ3v) is 5.65. The molecule has 0 aliphatic carbocycles. The molecule has 0 unspecified atom stereocenters. The molecule has 0 heterocycles. The van der Waals surface area contributed by atoms with E-state index in [0.29, 0.717) is 6.42 Å². The minimum Gasteiger partial charge on any atom is -0.481 e. The molecule has 28 heavy (non-hydrogen) atoms. The van der Waals surface area contributed by atoms with Crippen LogP contribution in [-0.4, -0.2) is 11.1 Å². The van der Waals surface area contributed by atoms with Crippen molar-refractivity contribution >= 4 is 5.97 Å². The quantitative estimate of drug-likeness (QED) is 0.138. The Morgan fingerprint density at radius 3 is 1.21 bits per heavy atom. The highest BCUT2D eigenvalue weighted by Gasteiger charge is 1.96. The zero-order valence-corrected chi connectivity index (χ0v) is 19.1. The normalized spacial score (nSPS) is 11.5. The molecule has 0 aromatic rings. The van der Waals surface area contributed by atoms with Gasteiger partial charge in [0.15, 0.2) is 0 Å². The number of carboxylic acids is 1. The third-order valence-electron chi connectivity index (χ3n) is 5.65. The molecular weight excluding hydrogens is 344 g/mol. The molecule has 166 valence electrons. The van der Waals surface area contributed by atoms with Crippen LogP contribution >= 0.6 is 0 Å². The lowest BCUT2D eigenvalue weighted by Gasteiger charge is -2.02. The smallest absolute Gasteiger partial charge is 0.303 e. The first-order valence-electron chi connectivity index (χ1n) is 12.6. The molecule has 0 saturated carbocycles. The molecule has 0 spiro atoms. The van der Waals surface area contributed by atoms with Crippen LogP contribution in [0.15, 0.2) is 12.2 Å². The Balaban J connectivity index is 3.08. The van der Waals surface area contributed by atoms with E-state index in [4.69, 9.17) is 5.11 Å². The minimum atomic E-state index is -0.655. The van der Waals surface area contributed by atoms with E-state index in [9.17, 15) is 4.79 Å². The number of allylic oxidation sites excluding steroid dienone is 2. The second-order valence-corrected chi connectivity index (χ2v) is 8.56. The van der Waals surface area contributed by atoms with Crippen LogP contribution in [0.3, 0.4) is 0 Å². The van der Waals surface area contributed by atoms with Gasteiger partial charge in [0.2, 0.25) is 0 Å². The number of hydrogen-bond donors (Lipinski definition) is 1. The fourth-order valence-corrected chi connectivity index (χ4v) is 3.76. The standard InChI is InChI=1S/C26H50O2/c1-2-3-4-5-6-7-8-9-10-11-12-13-14-15-16-17-18-19-20-21-22-23-24-25-26(27)28/h13-14H,2-12,15-25H2,1H3,(H,27,28). The van der Waals surface area contributed by atoms with Gasteiger partial charge >= 0.3 is 5.97 Å². The first-order valence-corrected chi connectivity index (χ1v) is 12.6. The topological polar surface area (TPSA) is 37.3 Å². The van der Waals surface area contributed by atoms with Crippen LogP contribution in [-0.2, 0) is 4.79 Å². The SMILES string of the molecule is CCCCCCCCCCCCC=CCCCCCCCCCCCC(=O)O. The summed E-state index contributed by atoms with van der Waals surface area (Å²) >= 11 is 0. The first kappa shape index (κ1) is 27.2. The van der Waals surface area contributed by atoms with Gasteiger partial charge in [-0.3, -0.25) is 4.79 Å². The molecule has 0 aliphatic heterocycles. The maximum atomic E-state index is 10.4. The monoisotopic (exact) mass is 394 g/mol. The highest BCUT2D eigenvalue weighted by molar-refractivity contribution is 5.66. The number of unbranched alkanes of at least 4 members (excludes halogenated alkanes) is 19. The molecule has 0 aromatic heterocycles. The van der Waals surface area contributed by atoms with Gasteiger partial charge < -0.3 is 5.11 Å². The Labute approximate surface area is 176 Å². The van der Waals surface area contributed by atoms with Gasteiger partial charge in [-0.15, -0.1) is 0 Å². The second-order valence-electron chi connectivity index (χ2n) is 8.56. The van der Waals surface area contributed by atoms with Gasteiger partial charge in [0.25, 0.3) is 0 Å². The molecule has 2 nitrogen and oxygen atoms in total. The van der Waals surface area contributed by atoms with Crippen molar-refractivity contribution in [3.63, 3.8) is 0 Å². The molecule has 0 saturated heterocycles. The lowest BCUT2D eigenvalue weighted by molar-refractivity contribution is -0.137. The summed E-state index contributed by atoms with van der Waals surface area (Å²) in [5.41, 5.74) is 0. The van der Waals surface area contributed by atoms with Crippen LogP contribution in [0.25, 0.3) is 0 Å². The van der Waals surface area contributed by atoms with Gasteiger partial charge in [-0.25, -0.2) is 0 Å². The summed E-state index contributed by atoms with van der Waals surface area (Å²) < 4.78 is 0. The third kappa shape index (κ3) is 25.2. The maximum Gasteiger partial charge on any atom is 0.303 e. The van der Waals surface area contributed by atoms with Crippen LogP contribution < -0.4 is 0 Å². The number of hydrogen-bond acceptors (Lipinski definition) is 1. The zero-order chi connectivity index (χ0) is 20.5. The van der Waals surface area contributed by atoms with E-state index in [1.54, 1.807) is 0 Å². The predicted molar refractivity (Wildman–Crippen MR) is 124 cm³/mol. The second kappa shape index (κ2) is 24.2. The number of rotatable bonds is 23. The Hall–Kier alpha value is -0.790. The summed E-state index contributed by atoms with van der Waals surface area (Å²) in [5, 5.41) is 8.58. The van der Waals surface area contributed by atoms with Gasteiger partial charge in [-0.05, 0) is 32.1 Å². The molecule has 0 bridgehead atoms. The molecule has 0 rings (SSSR count). The Kier molecular flexibility index (Phi) is 23.6. The Bertz CT molecular complexity index is 335. The van der Waals surface area contributed by atoms with Crippen molar-refractivity contribution < 1.29 is 9.90 Å². The van der Waals surface area contributed by atoms with E-state index in [-0.39, 0.29) is 0 Å². The van der Waals surface area contributed by atoms with Gasteiger partial charge in [0.1, 0.15) is 0 Å². The minimum absolute atomic E-state index is 0.340. The zero-order valence-electron chi connectivity index (χ0n) is 19.1. The average Bonchev–Trinajstić information content (AvgIpc) is 2.68. The van der Waals surface area contributed by atoms with E-state index in [1.165, 1.54) is 122 Å². The van der Waals surface area contributed by atoms with E-state index >= 15 is 0 Å². The first-order chi connectivity index (χ1) is 13.8. The van der Waals surface area contributed by atoms with Crippen LogP contribution in [0.1, 0.15) is 148 Å². The largest absolute Gasteiger partial charge is 0.481 e. The van der Waals surface area contributed by atoms with Crippen molar-refractivity contribution in [1.82, 2.24) is 0 Å². The average molecular weight is 395 g/mol. The van der Waals surface area contributed by atoms with E-state index in [0.717, 1.165) is 12.8 Å². The number of carboxylic acid groups (broad SMARTS) is 1. The molecule has 0 fully saturated rings. The van der Waals surface area contributed by atoms with Crippen LogP contribution in [0.5, 0.6) is 0 Å². The molecule has 2 heteroatoms. The Morgan fingerprint density at radius 1 is 0.536 bits per heavy atom. The van der Waals surface area contributed by atoms with Crippen molar-refractivity contribution in [2.24, 2.45) is 0 Å². The van der Waals surface area contributed by atoms with Crippen molar-refractivity contribution in [2.75, 3.05) is 0 Å². The van der Waals surface area contributed by atoms with Gasteiger partial charge in [-0.2, -0.15) is 0 Å². The highest BCUT2D eigenvalue weighted by atomic mass is 16.4. The van der Waals surface area contributed by atoms with Crippen LogP contribution in [0.4, 0.5) is 0 Å². The lowest BCUT2D eigenvalue weighted by Crippen LogP contribution is -1.93. The van der Waals surface area contributed by atoms with E-state index in [1.807, 2.05) is 0 Å². The van der Waals surface area contributed by atoms with Gasteiger partial charge in [0.05, 0.1) is 0 Å². The van der Waals surface area contributed by atoms with Crippen LogP contribution in [0.2, 0.25) is 0 Å². The molecule has 0 aliphatic rings. The summed E-state index contributed by atoms with van der Waals surface area (Å²) in [6.45, 7) is 2.29. The summed E-state index contributed by atoms with van der Waals surface area (Å²) in [7, 11) is 0. The van der Waals surface area contributed by atoms with Gasteiger partial charge in [-0.1, -0.05) is 122 Å². The lowest BCUT2D eigenvalue weighted by atomic mass is 10.0. The summed E-state index contributed by atoms with van der Waals surface area (Å²) in [6.07, 6.45) is 33.0. The highest BCUT2D eigenvalue weighted by Crippen LogP contribution is 2.13. The number of aliphatic carboxylic acids is 1. The summed E-state index contributed by atoms with van der Waals surface area (Å²) in [5.74, 6) is -0.655. The molecule has 0 amide bonds. The van der Waals surface area contributed by atoms with Crippen LogP contribution in [0, 0.1) is 0 Å². The van der Waals surface area contributed by atoms with Crippen molar-refractivity contribution in [1.29, 1.82) is 0 Å². The molecule has 0 aromatic carbocycles. The van der Waals surface area contributed by atoms with Crippen molar-refractivity contribution in [3.8, 4) is 0 Å². The summed E-state index contributed by atoms with van der Waals surface area (Å²) in [4.78, 5) is 10.4. The van der Waals surface area contributed by atoms with E-state index in [2.05, 4.69) is 19.1 Å².